The highest BCUT2D eigenvalue weighted by Crippen LogP contribution is 2.22. The van der Waals surface area contributed by atoms with E-state index in [1.54, 1.807) is 11.9 Å². The van der Waals surface area contributed by atoms with E-state index in [2.05, 4.69) is 31.4 Å². The van der Waals surface area contributed by atoms with Gasteiger partial charge in [-0.05, 0) is 37.1 Å². The van der Waals surface area contributed by atoms with Crippen LogP contribution in [-0.2, 0) is 0 Å². The quantitative estimate of drug-likeness (QED) is 0.209. The fourth-order valence-corrected chi connectivity index (χ4v) is 3.17. The first-order valence-corrected chi connectivity index (χ1v) is 9.58. The summed E-state index contributed by atoms with van der Waals surface area (Å²) in [5.74, 6) is 0.756. The SMILES string of the molecule is CCCCCCC(CCCCCC)C(CC)=NSC. The van der Waals surface area contributed by atoms with Crippen LogP contribution in [0, 0.1) is 5.92 Å². The van der Waals surface area contributed by atoms with Crippen molar-refractivity contribution in [3.8, 4) is 0 Å². The second kappa shape index (κ2) is 14.4. The molecule has 0 aliphatic carbocycles. The summed E-state index contributed by atoms with van der Waals surface area (Å²) in [4.78, 5) is 0. The van der Waals surface area contributed by atoms with E-state index in [0.717, 1.165) is 12.3 Å². The molecule has 0 spiro atoms. The molecule has 0 aromatic carbocycles. The van der Waals surface area contributed by atoms with Gasteiger partial charge in [0.25, 0.3) is 0 Å². The highest BCUT2D eigenvalue weighted by Gasteiger charge is 2.14. The maximum absolute atomic E-state index is 4.67. The molecule has 2 heteroatoms. The van der Waals surface area contributed by atoms with Crippen LogP contribution in [0.2, 0.25) is 0 Å². The molecule has 0 aliphatic rings. The van der Waals surface area contributed by atoms with E-state index in [1.807, 2.05) is 0 Å². The highest BCUT2D eigenvalue weighted by molar-refractivity contribution is 7.97. The Labute approximate surface area is 126 Å². The molecule has 114 valence electrons. The van der Waals surface area contributed by atoms with Crippen LogP contribution in [0.25, 0.3) is 0 Å². The van der Waals surface area contributed by atoms with Crippen molar-refractivity contribution in [3.63, 3.8) is 0 Å². The molecule has 0 fully saturated rings. The van der Waals surface area contributed by atoms with Crippen molar-refractivity contribution in [3.05, 3.63) is 0 Å². The van der Waals surface area contributed by atoms with E-state index < -0.39 is 0 Å². The summed E-state index contributed by atoms with van der Waals surface area (Å²) in [6.07, 6.45) is 17.0. The van der Waals surface area contributed by atoms with E-state index in [0.29, 0.717) is 0 Å². The third-order valence-electron chi connectivity index (χ3n) is 3.85. The Morgan fingerprint density at radius 2 is 1.37 bits per heavy atom. The zero-order valence-corrected chi connectivity index (χ0v) is 14.5. The largest absolute Gasteiger partial charge is 0.226 e. The fourth-order valence-electron chi connectivity index (χ4n) is 2.66. The standard InChI is InChI=1S/C17H35NS/c1-5-8-10-12-14-16(15-13-11-9-6-2)17(7-3)18-19-4/h16H,5-15H2,1-4H3. The maximum Gasteiger partial charge on any atom is 0.0290 e. The Bertz CT molecular complexity index is 201. The van der Waals surface area contributed by atoms with Crippen molar-refractivity contribution in [2.75, 3.05) is 6.26 Å². The molecule has 0 N–H and O–H groups in total. The first-order chi connectivity index (χ1) is 9.29. The van der Waals surface area contributed by atoms with Crippen LogP contribution in [0.1, 0.15) is 91.4 Å². The van der Waals surface area contributed by atoms with Gasteiger partial charge < -0.3 is 0 Å². The van der Waals surface area contributed by atoms with Gasteiger partial charge in [-0.1, -0.05) is 72.1 Å². The molecule has 0 aromatic heterocycles. The Kier molecular flexibility index (Phi) is 14.4. The van der Waals surface area contributed by atoms with Crippen LogP contribution in [0.5, 0.6) is 0 Å². The lowest BCUT2D eigenvalue weighted by molar-refractivity contribution is 0.490. The van der Waals surface area contributed by atoms with Gasteiger partial charge >= 0.3 is 0 Å². The Balaban J connectivity index is 4.16. The molecule has 0 aliphatic heterocycles. The average molecular weight is 286 g/mol. The number of nitrogens with zero attached hydrogens (tertiary/aromatic N) is 1. The van der Waals surface area contributed by atoms with Crippen LogP contribution in [0.15, 0.2) is 4.40 Å². The molecule has 0 saturated carbocycles. The van der Waals surface area contributed by atoms with Crippen molar-refractivity contribution >= 4 is 17.7 Å². The lowest BCUT2D eigenvalue weighted by Crippen LogP contribution is -2.14. The number of rotatable bonds is 13. The van der Waals surface area contributed by atoms with Crippen LogP contribution in [-0.4, -0.2) is 12.0 Å². The van der Waals surface area contributed by atoms with Crippen LogP contribution in [0.4, 0.5) is 0 Å². The van der Waals surface area contributed by atoms with Gasteiger partial charge in [0.15, 0.2) is 0 Å². The molecule has 0 bridgehead atoms. The van der Waals surface area contributed by atoms with Crippen molar-refractivity contribution in [2.24, 2.45) is 10.3 Å². The van der Waals surface area contributed by atoms with Gasteiger partial charge in [-0.3, -0.25) is 0 Å². The number of hydrogen-bond donors (Lipinski definition) is 0. The Morgan fingerprint density at radius 1 is 0.842 bits per heavy atom. The fraction of sp³-hybridized carbons (Fsp3) is 0.941. The van der Waals surface area contributed by atoms with E-state index in [4.69, 9.17) is 0 Å². The Morgan fingerprint density at radius 3 is 1.74 bits per heavy atom. The van der Waals surface area contributed by atoms with Gasteiger partial charge in [0.2, 0.25) is 0 Å². The predicted octanol–water partition coefficient (Wildman–Crippen LogP) is 6.67. The molecule has 0 heterocycles. The van der Waals surface area contributed by atoms with E-state index in [1.165, 1.54) is 69.9 Å². The molecular formula is C17H35NS. The van der Waals surface area contributed by atoms with Crippen LogP contribution < -0.4 is 0 Å². The van der Waals surface area contributed by atoms with Crippen LogP contribution in [0.3, 0.4) is 0 Å². The van der Waals surface area contributed by atoms with E-state index in [9.17, 15) is 0 Å². The zero-order chi connectivity index (χ0) is 14.3. The summed E-state index contributed by atoms with van der Waals surface area (Å²) >= 11 is 1.64. The molecule has 0 unspecified atom stereocenters. The molecule has 0 saturated heterocycles. The summed E-state index contributed by atoms with van der Waals surface area (Å²) in [7, 11) is 0. The van der Waals surface area contributed by atoms with Crippen molar-refractivity contribution in [1.82, 2.24) is 0 Å². The monoisotopic (exact) mass is 285 g/mol. The zero-order valence-electron chi connectivity index (χ0n) is 13.7. The van der Waals surface area contributed by atoms with Gasteiger partial charge in [-0.15, -0.1) is 0 Å². The third kappa shape index (κ3) is 10.5. The lowest BCUT2D eigenvalue weighted by Gasteiger charge is -2.18. The number of unbranched alkanes of at least 4 members (excludes halogenated alkanes) is 6. The second-order valence-corrected chi connectivity index (χ2v) is 6.06. The van der Waals surface area contributed by atoms with E-state index >= 15 is 0 Å². The summed E-state index contributed by atoms with van der Waals surface area (Å²) in [5.41, 5.74) is 1.46. The van der Waals surface area contributed by atoms with Crippen molar-refractivity contribution in [1.29, 1.82) is 0 Å². The smallest absolute Gasteiger partial charge is 0.0290 e. The molecule has 0 aromatic rings. The second-order valence-electron chi connectivity index (χ2n) is 5.51. The lowest BCUT2D eigenvalue weighted by atomic mass is 9.89. The van der Waals surface area contributed by atoms with Gasteiger partial charge in [0, 0.05) is 12.0 Å². The highest BCUT2D eigenvalue weighted by atomic mass is 32.2. The molecule has 0 radical (unpaired) electrons. The third-order valence-corrected chi connectivity index (χ3v) is 4.27. The molecule has 0 atom stereocenters. The topological polar surface area (TPSA) is 12.4 Å². The maximum atomic E-state index is 4.67. The van der Waals surface area contributed by atoms with Crippen LogP contribution >= 0.6 is 11.9 Å². The average Bonchev–Trinajstić information content (AvgIpc) is 2.43. The number of hydrogen-bond acceptors (Lipinski definition) is 2. The van der Waals surface area contributed by atoms with Gasteiger partial charge in [-0.25, -0.2) is 4.40 Å². The normalized spacial score (nSPS) is 12.4. The summed E-state index contributed by atoms with van der Waals surface area (Å²) in [6.45, 7) is 6.84. The van der Waals surface area contributed by atoms with Crippen molar-refractivity contribution in [2.45, 2.75) is 91.4 Å². The minimum absolute atomic E-state index is 0.756. The predicted molar refractivity (Wildman–Crippen MR) is 92.2 cm³/mol. The minimum atomic E-state index is 0.756. The molecule has 1 nitrogen and oxygen atoms in total. The molecule has 0 amide bonds. The van der Waals surface area contributed by atoms with E-state index in [-0.39, 0.29) is 0 Å². The molecular weight excluding hydrogens is 250 g/mol. The molecule has 0 rings (SSSR count). The minimum Gasteiger partial charge on any atom is -0.226 e. The summed E-state index contributed by atoms with van der Waals surface area (Å²) in [6, 6.07) is 0. The summed E-state index contributed by atoms with van der Waals surface area (Å²) < 4.78 is 4.67. The summed E-state index contributed by atoms with van der Waals surface area (Å²) in [5, 5.41) is 0. The van der Waals surface area contributed by atoms with Gasteiger partial charge in [-0.2, -0.15) is 0 Å². The first-order valence-electron chi connectivity index (χ1n) is 8.39. The van der Waals surface area contributed by atoms with Gasteiger partial charge in [0.05, 0.1) is 0 Å². The first kappa shape index (κ1) is 19.0. The Hall–Kier alpha value is 0.0200. The van der Waals surface area contributed by atoms with Gasteiger partial charge in [0.1, 0.15) is 0 Å². The van der Waals surface area contributed by atoms with Crippen molar-refractivity contribution < 1.29 is 0 Å². The molecule has 19 heavy (non-hydrogen) atoms.